The third kappa shape index (κ3) is 3.13. The van der Waals surface area contributed by atoms with Crippen LogP contribution >= 0.6 is 23.5 Å². The van der Waals surface area contributed by atoms with Gasteiger partial charge in [-0.3, -0.25) is 9.69 Å². The molecule has 2 aliphatic rings. The molecule has 0 unspecified atom stereocenters. The number of aromatic nitrogens is 3. The molecule has 8 nitrogen and oxygen atoms in total. The van der Waals surface area contributed by atoms with Crippen LogP contribution < -0.4 is 10.3 Å². The number of fused-ring (bicyclic) bond motifs is 2. The number of nitrogens with two attached hydrogens (primary N) is 1. The number of carboxylic acids is 1. The first-order valence-electron chi connectivity index (χ1n) is 8.27. The van der Waals surface area contributed by atoms with Gasteiger partial charge in [-0.1, -0.05) is 29.0 Å². The van der Waals surface area contributed by atoms with Gasteiger partial charge in [-0.05, 0) is 11.6 Å². The fraction of sp³-hybridized carbons (Fsp3) is 0.294. The summed E-state index contributed by atoms with van der Waals surface area (Å²) in [7, 11) is 1.96. The number of hydrogen-bond donors (Lipinski definition) is 2. The van der Waals surface area contributed by atoms with E-state index in [4.69, 9.17) is 5.73 Å². The van der Waals surface area contributed by atoms with Gasteiger partial charge in [0.05, 0.1) is 7.05 Å². The maximum atomic E-state index is 11.9. The Kier molecular flexibility index (Phi) is 4.70. The van der Waals surface area contributed by atoms with Crippen LogP contribution in [0.15, 0.2) is 53.0 Å². The van der Waals surface area contributed by atoms with E-state index in [1.807, 2.05) is 46.7 Å². The van der Waals surface area contributed by atoms with Crippen molar-refractivity contribution in [3.8, 4) is 0 Å². The third-order valence-corrected chi connectivity index (χ3v) is 6.69. The quantitative estimate of drug-likeness (QED) is 0.422. The minimum atomic E-state index is -1.10. The van der Waals surface area contributed by atoms with Crippen LogP contribution in [0.5, 0.6) is 0 Å². The van der Waals surface area contributed by atoms with Crippen LogP contribution in [0.2, 0.25) is 0 Å². The lowest BCUT2D eigenvalue weighted by Gasteiger charge is -2.47. The summed E-state index contributed by atoms with van der Waals surface area (Å²) in [6.07, 6.45) is 7.51. The van der Waals surface area contributed by atoms with Crippen molar-refractivity contribution in [1.29, 1.82) is 0 Å². The first kappa shape index (κ1) is 18.1. The predicted octanol–water partition coefficient (Wildman–Crippen LogP) is 0.388. The van der Waals surface area contributed by atoms with Gasteiger partial charge in [0, 0.05) is 17.6 Å². The number of carbonyl (C=O) groups excluding carboxylic acids is 1. The second-order valence-electron chi connectivity index (χ2n) is 6.21. The zero-order valence-electron chi connectivity index (χ0n) is 14.5. The fourth-order valence-electron chi connectivity index (χ4n) is 3.11. The summed E-state index contributed by atoms with van der Waals surface area (Å²) in [6, 6.07) is 3.35. The lowest BCUT2D eigenvalue weighted by Crippen LogP contribution is -2.68. The van der Waals surface area contributed by atoms with Gasteiger partial charge in [-0.25, -0.2) is 9.36 Å². The van der Waals surface area contributed by atoms with Crippen molar-refractivity contribution >= 4 is 41.0 Å². The Morgan fingerprint density at radius 3 is 3.15 bits per heavy atom. The smallest absolute Gasteiger partial charge is 0.352 e. The second-order valence-corrected chi connectivity index (χ2v) is 8.36. The molecule has 140 valence electrons. The van der Waals surface area contributed by atoms with Crippen molar-refractivity contribution in [3.05, 3.63) is 47.9 Å². The van der Waals surface area contributed by atoms with Crippen LogP contribution in [0.4, 0.5) is 0 Å². The Bertz CT molecular complexity index is 1000. The normalized spacial score (nSPS) is 22.4. The van der Waals surface area contributed by atoms with Gasteiger partial charge >= 0.3 is 11.6 Å². The van der Waals surface area contributed by atoms with Gasteiger partial charge in [0.25, 0.3) is 0 Å². The molecule has 0 bridgehead atoms. The van der Waals surface area contributed by atoms with Gasteiger partial charge in [0.2, 0.25) is 5.91 Å². The average Bonchev–Trinajstić information content (AvgIpc) is 3.04. The van der Waals surface area contributed by atoms with Crippen LogP contribution in [-0.4, -0.2) is 54.4 Å². The number of carboxylic acid groups (broad SMARTS) is 1. The number of rotatable bonds is 5. The molecule has 2 aromatic heterocycles. The summed E-state index contributed by atoms with van der Waals surface area (Å²) in [5.74, 6) is -0.262. The predicted molar refractivity (Wildman–Crippen MR) is 102 cm³/mol. The highest BCUT2D eigenvalue weighted by molar-refractivity contribution is 8.00. The lowest BCUT2D eigenvalue weighted by molar-refractivity contribution is -0.644. The molecular formula is C17H18N5O3S2+. The van der Waals surface area contributed by atoms with E-state index in [1.165, 1.54) is 16.7 Å². The second kappa shape index (κ2) is 7.02. The molecule has 27 heavy (non-hydrogen) atoms. The first-order valence-corrected chi connectivity index (χ1v) is 10.3. The maximum absolute atomic E-state index is 11.9. The number of carbonyl (C=O) groups is 2. The van der Waals surface area contributed by atoms with E-state index in [-0.39, 0.29) is 17.0 Å². The molecular weight excluding hydrogens is 386 g/mol. The minimum absolute atomic E-state index is 0.0473. The maximum Gasteiger partial charge on any atom is 0.352 e. The number of allylic oxidation sites excluding steroid dienone is 1. The molecule has 0 aromatic carbocycles. The third-order valence-electron chi connectivity index (χ3n) is 4.50. The number of β-lactam (4-membered cyclic amide) rings is 1. The highest BCUT2D eigenvalue weighted by atomic mass is 32.2. The molecule has 0 aliphatic carbocycles. The fourth-order valence-corrected chi connectivity index (χ4v) is 5.05. The number of thioether (sulfide) groups is 2. The molecule has 1 fully saturated rings. The number of aliphatic carboxylic acids is 1. The van der Waals surface area contributed by atoms with E-state index in [0.29, 0.717) is 17.1 Å². The Morgan fingerprint density at radius 1 is 1.56 bits per heavy atom. The molecule has 1 saturated heterocycles. The lowest BCUT2D eigenvalue weighted by atomic mass is 10.0. The Labute approximate surface area is 163 Å². The van der Waals surface area contributed by atoms with Gasteiger partial charge in [-0.15, -0.1) is 16.3 Å². The number of imidazole rings is 1. The zero-order chi connectivity index (χ0) is 19.1. The summed E-state index contributed by atoms with van der Waals surface area (Å²) in [5, 5.41) is 14.6. The number of aryl methyl sites for hydroxylation is 1. The van der Waals surface area contributed by atoms with Crippen LogP contribution in [0.3, 0.4) is 0 Å². The average molecular weight is 404 g/mol. The molecule has 1 amide bonds. The van der Waals surface area contributed by atoms with E-state index in [1.54, 1.807) is 17.8 Å². The number of nitrogens with zero attached hydrogens (tertiary/aromatic N) is 4. The van der Waals surface area contributed by atoms with Gasteiger partial charge in [0.1, 0.15) is 28.3 Å². The number of amides is 1. The number of hydrogen-bond acceptors (Lipinski definition) is 6. The van der Waals surface area contributed by atoms with Crippen LogP contribution in [-0.2, 0) is 16.6 Å². The highest BCUT2D eigenvalue weighted by Crippen LogP contribution is 2.39. The standard InChI is InChI=1S/C17H17N5O3S2/c1-20-6-7-21-12(20)5-4-11(19-21)26-8-2-3-10-9-27-16-13(18)15(23)22(16)14(10)17(24)25/h2-7,13,16H,8-9,18H2,1H3/p+1/b3-2+/t13-,16-/m1/s1. The molecule has 2 atom stereocenters. The van der Waals surface area contributed by atoms with E-state index < -0.39 is 12.0 Å². The van der Waals surface area contributed by atoms with Crippen LogP contribution in [0.25, 0.3) is 5.65 Å². The van der Waals surface area contributed by atoms with Crippen molar-refractivity contribution < 1.29 is 19.3 Å². The van der Waals surface area contributed by atoms with Crippen molar-refractivity contribution in [2.75, 3.05) is 11.5 Å². The molecule has 0 spiro atoms. The summed E-state index contributed by atoms with van der Waals surface area (Å²) in [6.45, 7) is 0. The summed E-state index contributed by atoms with van der Waals surface area (Å²) in [5.41, 5.74) is 7.43. The van der Waals surface area contributed by atoms with Crippen molar-refractivity contribution in [1.82, 2.24) is 14.5 Å². The van der Waals surface area contributed by atoms with Gasteiger partial charge in [0.15, 0.2) is 6.20 Å². The first-order chi connectivity index (χ1) is 13.0. The molecule has 4 rings (SSSR count). The molecule has 2 aromatic rings. The van der Waals surface area contributed by atoms with Gasteiger partial charge in [-0.2, -0.15) is 0 Å². The molecule has 0 radical (unpaired) electrons. The molecule has 3 N–H and O–H groups in total. The monoisotopic (exact) mass is 404 g/mol. The topological polar surface area (TPSA) is 105 Å². The highest BCUT2D eigenvalue weighted by Gasteiger charge is 2.51. The molecule has 2 aliphatic heterocycles. The zero-order valence-corrected chi connectivity index (χ0v) is 16.1. The van der Waals surface area contributed by atoms with Crippen molar-refractivity contribution in [3.63, 3.8) is 0 Å². The Hall–Kier alpha value is -2.30. The van der Waals surface area contributed by atoms with E-state index in [0.717, 1.165) is 10.7 Å². The molecule has 10 heteroatoms. The van der Waals surface area contributed by atoms with Crippen molar-refractivity contribution in [2.24, 2.45) is 12.8 Å². The molecule has 4 heterocycles. The van der Waals surface area contributed by atoms with E-state index in [9.17, 15) is 14.7 Å². The molecule has 0 saturated carbocycles. The minimum Gasteiger partial charge on any atom is -0.477 e. The van der Waals surface area contributed by atoms with Crippen LogP contribution in [0.1, 0.15) is 0 Å². The van der Waals surface area contributed by atoms with Gasteiger partial charge < -0.3 is 10.8 Å². The SMILES string of the molecule is C[n+]1ccn2nc(SC/C=C/C3=C(C(=O)O)N4C(=O)[C@@H](N)[C@H]4SC3)ccc21. The van der Waals surface area contributed by atoms with E-state index in [2.05, 4.69) is 5.10 Å². The van der Waals surface area contributed by atoms with E-state index >= 15 is 0 Å². The summed E-state index contributed by atoms with van der Waals surface area (Å²) < 4.78 is 3.80. The Balaban J connectivity index is 1.46. The Morgan fingerprint density at radius 2 is 2.37 bits per heavy atom. The van der Waals surface area contributed by atoms with Crippen molar-refractivity contribution in [2.45, 2.75) is 16.4 Å². The largest absolute Gasteiger partial charge is 0.477 e. The van der Waals surface area contributed by atoms with Crippen LogP contribution in [0, 0.1) is 0 Å². The summed E-state index contributed by atoms with van der Waals surface area (Å²) >= 11 is 3.05. The summed E-state index contributed by atoms with van der Waals surface area (Å²) in [4.78, 5) is 24.9.